The quantitative estimate of drug-likeness (QED) is 0.774. The average molecular weight is 221 g/mol. The van der Waals surface area contributed by atoms with E-state index in [2.05, 4.69) is 29.7 Å². The summed E-state index contributed by atoms with van der Waals surface area (Å²) in [5.74, 6) is 0. The van der Waals surface area contributed by atoms with Crippen LogP contribution in [0.4, 0.5) is 0 Å². The molecule has 0 radical (unpaired) electrons. The summed E-state index contributed by atoms with van der Waals surface area (Å²) < 4.78 is 1.97. The van der Waals surface area contributed by atoms with Crippen LogP contribution in [0.3, 0.4) is 0 Å². The molecule has 88 valence electrons. The Kier molecular flexibility index (Phi) is 3.12. The number of likely N-dealkylation sites (N-methyl/N-ethyl adjacent to an activating group) is 1. The molecule has 0 aromatic carbocycles. The lowest BCUT2D eigenvalue weighted by Crippen LogP contribution is -2.36. The van der Waals surface area contributed by atoms with Crippen molar-refractivity contribution >= 4 is 0 Å². The topological polar surface area (TPSA) is 41.3 Å². The molecular formula is C12H19N3O. The number of rotatable bonds is 3. The second-order valence-corrected chi connectivity index (χ2v) is 4.74. The summed E-state index contributed by atoms with van der Waals surface area (Å²) in [6.45, 7) is 7.82. The molecule has 4 nitrogen and oxygen atoms in total. The third kappa shape index (κ3) is 2.18. The van der Waals surface area contributed by atoms with Crippen LogP contribution < -0.4 is 0 Å². The third-order valence-electron chi connectivity index (χ3n) is 2.86. The predicted molar refractivity (Wildman–Crippen MR) is 63.2 cm³/mol. The van der Waals surface area contributed by atoms with E-state index < -0.39 is 0 Å². The largest absolute Gasteiger partial charge is 0.394 e. The number of hydrogen-bond acceptors (Lipinski definition) is 3. The molecule has 4 heteroatoms. The maximum atomic E-state index is 9.34. The highest BCUT2D eigenvalue weighted by molar-refractivity contribution is 5.17. The molecule has 0 spiro atoms. The fraction of sp³-hybridized carbons (Fsp3) is 0.583. The zero-order valence-electron chi connectivity index (χ0n) is 9.98. The highest BCUT2D eigenvalue weighted by Crippen LogP contribution is 2.21. The molecule has 0 fully saturated rings. The summed E-state index contributed by atoms with van der Waals surface area (Å²) in [6, 6.07) is 2.21. The minimum atomic E-state index is 0.0904. The van der Waals surface area contributed by atoms with Crippen molar-refractivity contribution in [3.63, 3.8) is 0 Å². The van der Waals surface area contributed by atoms with Crippen molar-refractivity contribution in [1.29, 1.82) is 0 Å². The summed E-state index contributed by atoms with van der Waals surface area (Å²) in [5, 5.41) is 13.9. The molecule has 16 heavy (non-hydrogen) atoms. The normalized spacial score (nSPS) is 20.8. The Balaban J connectivity index is 2.27. The van der Waals surface area contributed by atoms with Crippen molar-refractivity contribution in [3.05, 3.63) is 29.6 Å². The first-order chi connectivity index (χ1) is 7.60. The molecule has 1 aromatic heterocycles. The lowest BCUT2D eigenvalue weighted by Gasteiger charge is -2.29. The molecule has 0 saturated heterocycles. The second-order valence-electron chi connectivity index (χ2n) is 4.74. The van der Waals surface area contributed by atoms with Crippen LogP contribution in [0.15, 0.2) is 18.2 Å². The zero-order chi connectivity index (χ0) is 11.7. The number of aliphatic hydroxyl groups excluding tert-OH is 1. The van der Waals surface area contributed by atoms with Gasteiger partial charge in [-0.15, -0.1) is 0 Å². The van der Waals surface area contributed by atoms with Crippen molar-refractivity contribution in [2.24, 2.45) is 0 Å². The Morgan fingerprint density at radius 1 is 1.69 bits per heavy atom. The maximum Gasteiger partial charge on any atom is 0.0880 e. The van der Waals surface area contributed by atoms with Gasteiger partial charge in [-0.05, 0) is 20.0 Å². The first kappa shape index (κ1) is 11.4. The molecule has 1 unspecified atom stereocenters. The van der Waals surface area contributed by atoms with Crippen LogP contribution in [0, 0.1) is 0 Å². The van der Waals surface area contributed by atoms with E-state index in [1.807, 2.05) is 11.6 Å². The molecule has 0 bridgehead atoms. The van der Waals surface area contributed by atoms with Gasteiger partial charge in [0.15, 0.2) is 0 Å². The fourth-order valence-electron chi connectivity index (χ4n) is 2.23. The third-order valence-corrected chi connectivity index (χ3v) is 2.86. The minimum absolute atomic E-state index is 0.0904. The van der Waals surface area contributed by atoms with E-state index in [1.165, 1.54) is 5.69 Å². The lowest BCUT2D eigenvalue weighted by molar-refractivity contribution is 0.141. The van der Waals surface area contributed by atoms with E-state index in [0.717, 1.165) is 30.8 Å². The summed E-state index contributed by atoms with van der Waals surface area (Å²) >= 11 is 0. The maximum absolute atomic E-state index is 9.34. The first-order valence-corrected chi connectivity index (χ1v) is 5.61. The summed E-state index contributed by atoms with van der Waals surface area (Å²) in [4.78, 5) is 2.21. The van der Waals surface area contributed by atoms with Gasteiger partial charge in [0.25, 0.3) is 0 Å². The standard InChI is InChI=1S/C12H19N3O/c1-9(2)4-10-5-11-6-14(3)7-12(8-16)15(11)13-10/h5,12,16H,1,4,6-8H2,2-3H3. The van der Waals surface area contributed by atoms with Crippen LogP contribution in [0.5, 0.6) is 0 Å². The molecule has 0 saturated carbocycles. The fourth-order valence-corrected chi connectivity index (χ4v) is 2.23. The summed E-state index contributed by atoms with van der Waals surface area (Å²) in [5.41, 5.74) is 3.35. The molecule has 1 aliphatic rings. The molecule has 1 aromatic rings. The average Bonchev–Trinajstić information content (AvgIpc) is 2.57. The molecular weight excluding hydrogens is 202 g/mol. The van der Waals surface area contributed by atoms with Gasteiger partial charge in [0.2, 0.25) is 0 Å². The Labute approximate surface area is 96.2 Å². The van der Waals surface area contributed by atoms with Gasteiger partial charge in [0.05, 0.1) is 24.0 Å². The smallest absolute Gasteiger partial charge is 0.0880 e. The van der Waals surface area contributed by atoms with Crippen LogP contribution in [0.25, 0.3) is 0 Å². The molecule has 1 aliphatic heterocycles. The molecule has 1 N–H and O–H groups in total. The van der Waals surface area contributed by atoms with E-state index >= 15 is 0 Å². The van der Waals surface area contributed by atoms with Crippen LogP contribution in [-0.4, -0.2) is 40.0 Å². The predicted octanol–water partition coefficient (Wildman–Crippen LogP) is 0.980. The number of nitrogens with zero attached hydrogens (tertiary/aromatic N) is 3. The Morgan fingerprint density at radius 3 is 3.06 bits per heavy atom. The van der Waals surface area contributed by atoms with Gasteiger partial charge in [-0.25, -0.2) is 0 Å². The van der Waals surface area contributed by atoms with Crippen LogP contribution in [-0.2, 0) is 13.0 Å². The van der Waals surface area contributed by atoms with Gasteiger partial charge in [0, 0.05) is 19.5 Å². The zero-order valence-corrected chi connectivity index (χ0v) is 9.98. The van der Waals surface area contributed by atoms with E-state index in [-0.39, 0.29) is 12.6 Å². The highest BCUT2D eigenvalue weighted by Gasteiger charge is 2.23. The Morgan fingerprint density at radius 2 is 2.44 bits per heavy atom. The molecule has 2 rings (SSSR count). The van der Waals surface area contributed by atoms with Gasteiger partial charge < -0.3 is 5.11 Å². The number of fused-ring (bicyclic) bond motifs is 1. The summed E-state index contributed by atoms with van der Waals surface area (Å²) in [6.07, 6.45) is 0.821. The van der Waals surface area contributed by atoms with Gasteiger partial charge >= 0.3 is 0 Å². The van der Waals surface area contributed by atoms with Crippen molar-refractivity contribution in [2.75, 3.05) is 20.2 Å². The monoisotopic (exact) mass is 221 g/mol. The number of aromatic nitrogens is 2. The Hall–Kier alpha value is -1.13. The van der Waals surface area contributed by atoms with Crippen LogP contribution in [0.2, 0.25) is 0 Å². The Bertz CT molecular complexity index is 397. The van der Waals surface area contributed by atoms with Gasteiger partial charge in [0.1, 0.15) is 0 Å². The SMILES string of the molecule is C=C(C)Cc1cc2n(n1)C(CO)CN(C)C2. The molecule has 0 aliphatic carbocycles. The lowest BCUT2D eigenvalue weighted by atomic mass is 10.1. The van der Waals surface area contributed by atoms with Gasteiger partial charge in [-0.1, -0.05) is 12.2 Å². The van der Waals surface area contributed by atoms with Crippen LogP contribution >= 0.6 is 0 Å². The van der Waals surface area contributed by atoms with Crippen molar-refractivity contribution in [2.45, 2.75) is 25.9 Å². The van der Waals surface area contributed by atoms with Gasteiger partial charge in [-0.2, -0.15) is 5.10 Å². The van der Waals surface area contributed by atoms with E-state index in [9.17, 15) is 5.11 Å². The number of allylic oxidation sites excluding steroid dienone is 1. The number of aliphatic hydroxyl groups is 1. The first-order valence-electron chi connectivity index (χ1n) is 5.61. The van der Waals surface area contributed by atoms with Crippen LogP contribution in [0.1, 0.15) is 24.4 Å². The highest BCUT2D eigenvalue weighted by atomic mass is 16.3. The van der Waals surface area contributed by atoms with E-state index in [4.69, 9.17) is 0 Å². The minimum Gasteiger partial charge on any atom is -0.394 e. The van der Waals surface area contributed by atoms with E-state index in [1.54, 1.807) is 0 Å². The molecule has 0 amide bonds. The van der Waals surface area contributed by atoms with Gasteiger partial charge in [-0.3, -0.25) is 9.58 Å². The van der Waals surface area contributed by atoms with E-state index in [0.29, 0.717) is 0 Å². The van der Waals surface area contributed by atoms with Crippen molar-refractivity contribution < 1.29 is 5.11 Å². The molecule has 2 heterocycles. The second kappa shape index (κ2) is 4.39. The van der Waals surface area contributed by atoms with Crippen molar-refractivity contribution in [3.8, 4) is 0 Å². The molecule has 1 atom stereocenters. The van der Waals surface area contributed by atoms with Crippen molar-refractivity contribution in [1.82, 2.24) is 14.7 Å². The number of hydrogen-bond donors (Lipinski definition) is 1. The summed E-state index contributed by atoms with van der Waals surface area (Å²) in [7, 11) is 2.07.